The van der Waals surface area contributed by atoms with Gasteiger partial charge in [0.1, 0.15) is 4.99 Å². The van der Waals surface area contributed by atoms with Gasteiger partial charge in [0, 0.05) is 17.6 Å². The lowest BCUT2D eigenvalue weighted by atomic mass is 10.0. The van der Waals surface area contributed by atoms with Gasteiger partial charge in [-0.3, -0.25) is 0 Å². The van der Waals surface area contributed by atoms with Crippen LogP contribution in [0.15, 0.2) is 29.2 Å². The lowest BCUT2D eigenvalue weighted by Gasteiger charge is -2.36. The molecular weight excluding hydrogens is 308 g/mol. The van der Waals surface area contributed by atoms with Crippen LogP contribution in [-0.2, 0) is 10.0 Å². The highest BCUT2D eigenvalue weighted by atomic mass is 32.2. The molecule has 0 aromatic heterocycles. The highest BCUT2D eigenvalue weighted by Gasteiger charge is 2.46. The van der Waals surface area contributed by atoms with Crippen LogP contribution >= 0.6 is 12.2 Å². The van der Waals surface area contributed by atoms with Crippen molar-refractivity contribution in [3.8, 4) is 0 Å². The maximum absolute atomic E-state index is 12.9. The largest absolute Gasteiger partial charge is 0.393 e. The maximum atomic E-state index is 12.9. The fourth-order valence-electron chi connectivity index (χ4n) is 3.43. The van der Waals surface area contributed by atoms with Crippen LogP contribution in [-0.4, -0.2) is 41.0 Å². The third kappa shape index (κ3) is 2.59. The van der Waals surface area contributed by atoms with Gasteiger partial charge in [-0.25, -0.2) is 8.42 Å². The summed E-state index contributed by atoms with van der Waals surface area (Å²) in [5.41, 5.74) is 6.13. The molecule has 2 saturated heterocycles. The Morgan fingerprint density at radius 2 is 1.90 bits per heavy atom. The first kappa shape index (κ1) is 14.9. The zero-order chi connectivity index (χ0) is 15.2. The molecule has 0 amide bonds. The van der Waals surface area contributed by atoms with Gasteiger partial charge in [-0.2, -0.15) is 4.31 Å². The van der Waals surface area contributed by atoms with Crippen LogP contribution in [0.1, 0.15) is 31.2 Å². The predicted molar refractivity (Wildman–Crippen MR) is 83.4 cm³/mol. The van der Waals surface area contributed by atoms with E-state index in [4.69, 9.17) is 18.0 Å². The number of aliphatic hydroxyl groups excluding tert-OH is 1. The number of fused-ring (bicyclic) bond motifs is 2. The van der Waals surface area contributed by atoms with Crippen molar-refractivity contribution in [3.05, 3.63) is 29.8 Å². The molecule has 2 atom stereocenters. The van der Waals surface area contributed by atoms with Crippen molar-refractivity contribution in [2.24, 2.45) is 5.73 Å². The van der Waals surface area contributed by atoms with Gasteiger partial charge in [-0.15, -0.1) is 0 Å². The molecule has 1 aromatic rings. The number of nitrogens with two attached hydrogens (primary N) is 1. The topological polar surface area (TPSA) is 83.6 Å². The second-order valence-electron chi connectivity index (χ2n) is 5.74. The van der Waals surface area contributed by atoms with E-state index in [1.807, 2.05) is 0 Å². The normalized spacial score (nSPS) is 29.5. The smallest absolute Gasteiger partial charge is 0.243 e. The van der Waals surface area contributed by atoms with E-state index in [-0.39, 0.29) is 22.0 Å². The molecule has 2 aliphatic rings. The van der Waals surface area contributed by atoms with Crippen molar-refractivity contribution in [2.75, 3.05) is 0 Å². The summed E-state index contributed by atoms with van der Waals surface area (Å²) in [4.78, 5) is 0.408. The number of hydrogen-bond donors (Lipinski definition) is 2. The van der Waals surface area contributed by atoms with Gasteiger partial charge in [-0.1, -0.05) is 24.4 Å². The van der Waals surface area contributed by atoms with Crippen molar-refractivity contribution in [3.63, 3.8) is 0 Å². The Morgan fingerprint density at radius 1 is 1.29 bits per heavy atom. The number of nitrogens with zero attached hydrogens (tertiary/aromatic N) is 1. The monoisotopic (exact) mass is 326 g/mol. The van der Waals surface area contributed by atoms with Gasteiger partial charge < -0.3 is 10.8 Å². The Kier molecular flexibility index (Phi) is 3.77. The molecule has 2 unspecified atom stereocenters. The molecule has 1 aromatic carbocycles. The van der Waals surface area contributed by atoms with E-state index in [1.165, 1.54) is 6.07 Å². The second kappa shape index (κ2) is 5.31. The summed E-state index contributed by atoms with van der Waals surface area (Å²) in [5, 5.41) is 9.81. The summed E-state index contributed by atoms with van der Waals surface area (Å²) < 4.78 is 27.4. The fraction of sp³-hybridized carbons (Fsp3) is 0.500. The van der Waals surface area contributed by atoms with E-state index in [9.17, 15) is 13.5 Å². The zero-order valence-corrected chi connectivity index (χ0v) is 13.1. The number of sulfonamides is 1. The van der Waals surface area contributed by atoms with Crippen molar-refractivity contribution in [1.82, 2.24) is 4.31 Å². The first-order chi connectivity index (χ1) is 9.89. The highest BCUT2D eigenvalue weighted by molar-refractivity contribution is 7.89. The number of hydrogen-bond acceptors (Lipinski definition) is 4. The molecule has 0 saturated carbocycles. The Bertz CT molecular complexity index is 661. The molecule has 2 fully saturated rings. The van der Waals surface area contributed by atoms with Crippen LogP contribution in [0, 0.1) is 0 Å². The SMILES string of the molecule is NC(=S)c1cccc(S(=O)(=O)N2C3CCC2CC(O)C3)c1. The van der Waals surface area contributed by atoms with Gasteiger partial charge >= 0.3 is 0 Å². The molecule has 2 heterocycles. The minimum atomic E-state index is -3.57. The quantitative estimate of drug-likeness (QED) is 0.810. The summed E-state index contributed by atoms with van der Waals surface area (Å²) in [7, 11) is -3.57. The summed E-state index contributed by atoms with van der Waals surface area (Å²) in [6.45, 7) is 0. The molecule has 114 valence electrons. The fourth-order valence-corrected chi connectivity index (χ4v) is 5.49. The number of rotatable bonds is 3. The van der Waals surface area contributed by atoms with E-state index in [0.29, 0.717) is 18.4 Å². The summed E-state index contributed by atoms with van der Waals surface area (Å²) in [6, 6.07) is 6.26. The Morgan fingerprint density at radius 3 is 2.48 bits per heavy atom. The Balaban J connectivity index is 1.98. The van der Waals surface area contributed by atoms with E-state index < -0.39 is 16.1 Å². The zero-order valence-electron chi connectivity index (χ0n) is 11.5. The first-order valence-electron chi connectivity index (χ1n) is 7.01. The number of aliphatic hydroxyl groups is 1. The third-order valence-corrected chi connectivity index (χ3v) is 6.57. The Labute approximate surface area is 129 Å². The van der Waals surface area contributed by atoms with Crippen molar-refractivity contribution >= 4 is 27.2 Å². The van der Waals surface area contributed by atoms with Crippen LogP contribution in [0.3, 0.4) is 0 Å². The minimum Gasteiger partial charge on any atom is -0.393 e. The number of benzene rings is 1. The Hall–Kier alpha value is -1.02. The molecule has 0 aliphatic carbocycles. The van der Waals surface area contributed by atoms with Crippen molar-refractivity contribution in [1.29, 1.82) is 0 Å². The maximum Gasteiger partial charge on any atom is 0.243 e. The first-order valence-corrected chi connectivity index (χ1v) is 8.86. The average Bonchev–Trinajstić information content (AvgIpc) is 2.72. The van der Waals surface area contributed by atoms with Crippen molar-refractivity contribution in [2.45, 2.75) is 48.8 Å². The molecule has 3 rings (SSSR count). The minimum absolute atomic E-state index is 0.0998. The van der Waals surface area contributed by atoms with Gasteiger partial charge in [0.2, 0.25) is 10.0 Å². The second-order valence-corrected chi connectivity index (χ2v) is 8.02. The standard InChI is InChI=1S/C14H18N2O3S2/c15-14(20)9-2-1-3-13(6-9)21(18,19)16-10-4-5-11(16)8-12(17)7-10/h1-3,6,10-12,17H,4-5,7-8H2,(H2,15,20). The molecule has 0 radical (unpaired) electrons. The van der Waals surface area contributed by atoms with E-state index in [1.54, 1.807) is 22.5 Å². The molecular formula is C14H18N2O3S2. The summed E-state index contributed by atoms with van der Waals surface area (Å²) in [6.07, 6.45) is 2.28. The highest BCUT2D eigenvalue weighted by Crippen LogP contribution is 2.39. The van der Waals surface area contributed by atoms with Crippen LogP contribution in [0.25, 0.3) is 0 Å². The molecule has 3 N–H and O–H groups in total. The van der Waals surface area contributed by atoms with Gasteiger partial charge in [-0.05, 0) is 37.8 Å². The van der Waals surface area contributed by atoms with E-state index >= 15 is 0 Å². The lowest BCUT2D eigenvalue weighted by Crippen LogP contribution is -2.47. The molecule has 0 spiro atoms. The number of thiocarbonyl (C=S) groups is 1. The summed E-state index contributed by atoms with van der Waals surface area (Å²) >= 11 is 4.91. The summed E-state index contributed by atoms with van der Waals surface area (Å²) in [5.74, 6) is 0. The third-order valence-electron chi connectivity index (χ3n) is 4.34. The molecule has 7 heteroatoms. The van der Waals surface area contributed by atoms with Gasteiger partial charge in [0.15, 0.2) is 0 Å². The van der Waals surface area contributed by atoms with Crippen molar-refractivity contribution < 1.29 is 13.5 Å². The molecule has 2 bridgehead atoms. The van der Waals surface area contributed by atoms with Crippen LogP contribution in [0.5, 0.6) is 0 Å². The predicted octanol–water partition coefficient (Wildman–Crippen LogP) is 0.997. The van der Waals surface area contributed by atoms with Crippen LogP contribution in [0.4, 0.5) is 0 Å². The van der Waals surface area contributed by atoms with E-state index in [0.717, 1.165) is 12.8 Å². The van der Waals surface area contributed by atoms with Crippen LogP contribution < -0.4 is 5.73 Å². The van der Waals surface area contributed by atoms with Gasteiger partial charge in [0.25, 0.3) is 0 Å². The lowest BCUT2D eigenvalue weighted by molar-refractivity contribution is 0.0769. The molecule has 2 aliphatic heterocycles. The molecule has 21 heavy (non-hydrogen) atoms. The molecule has 5 nitrogen and oxygen atoms in total. The van der Waals surface area contributed by atoms with Crippen LogP contribution in [0.2, 0.25) is 0 Å². The van der Waals surface area contributed by atoms with E-state index in [2.05, 4.69) is 0 Å². The average molecular weight is 326 g/mol. The van der Waals surface area contributed by atoms with Gasteiger partial charge in [0.05, 0.1) is 11.0 Å². The number of piperidine rings is 1.